The molecular formula is C16H14BrN3. The van der Waals surface area contributed by atoms with Gasteiger partial charge in [-0.3, -0.25) is 0 Å². The molecule has 100 valence electrons. The monoisotopic (exact) mass is 327 g/mol. The van der Waals surface area contributed by atoms with Crippen LogP contribution in [0.2, 0.25) is 0 Å². The SMILES string of the molecule is Brc1ccccc1CNc1ccccc1-n1cccn1. The lowest BCUT2D eigenvalue weighted by atomic mass is 10.2. The number of anilines is 1. The van der Waals surface area contributed by atoms with Gasteiger partial charge in [0.1, 0.15) is 0 Å². The van der Waals surface area contributed by atoms with Gasteiger partial charge in [-0.25, -0.2) is 4.68 Å². The molecule has 0 aliphatic heterocycles. The molecule has 0 saturated heterocycles. The number of hydrogen-bond acceptors (Lipinski definition) is 2. The second-order valence-corrected chi connectivity index (χ2v) is 5.27. The fourth-order valence-electron chi connectivity index (χ4n) is 2.07. The van der Waals surface area contributed by atoms with Gasteiger partial charge in [-0.1, -0.05) is 46.3 Å². The van der Waals surface area contributed by atoms with Gasteiger partial charge in [0, 0.05) is 23.4 Å². The van der Waals surface area contributed by atoms with Crippen molar-refractivity contribution in [3.8, 4) is 5.69 Å². The van der Waals surface area contributed by atoms with Crippen molar-refractivity contribution in [3.05, 3.63) is 77.0 Å². The van der Waals surface area contributed by atoms with Crippen LogP contribution in [-0.4, -0.2) is 9.78 Å². The maximum absolute atomic E-state index is 4.29. The predicted octanol–water partition coefficient (Wildman–Crippen LogP) is 4.25. The summed E-state index contributed by atoms with van der Waals surface area (Å²) in [7, 11) is 0. The molecule has 0 unspecified atom stereocenters. The summed E-state index contributed by atoms with van der Waals surface area (Å²) in [5.41, 5.74) is 3.33. The van der Waals surface area contributed by atoms with Crippen LogP contribution in [0.5, 0.6) is 0 Å². The molecule has 0 aliphatic carbocycles. The number of para-hydroxylation sites is 2. The Bertz CT molecular complexity index is 692. The van der Waals surface area contributed by atoms with Gasteiger partial charge in [0.25, 0.3) is 0 Å². The Labute approximate surface area is 126 Å². The summed E-state index contributed by atoms with van der Waals surface area (Å²) in [6.45, 7) is 0.764. The van der Waals surface area contributed by atoms with Gasteiger partial charge in [0.05, 0.1) is 11.4 Å². The Morgan fingerprint density at radius 1 is 1.00 bits per heavy atom. The smallest absolute Gasteiger partial charge is 0.0876 e. The molecule has 0 bridgehead atoms. The summed E-state index contributed by atoms with van der Waals surface area (Å²) in [6, 6.07) is 18.3. The first-order chi connectivity index (χ1) is 9.84. The van der Waals surface area contributed by atoms with Crippen LogP contribution in [0.25, 0.3) is 5.69 Å². The average Bonchev–Trinajstić information content (AvgIpc) is 3.01. The molecule has 0 radical (unpaired) electrons. The molecule has 0 atom stereocenters. The van der Waals surface area contributed by atoms with Crippen molar-refractivity contribution in [2.45, 2.75) is 6.54 Å². The highest BCUT2D eigenvalue weighted by atomic mass is 79.9. The van der Waals surface area contributed by atoms with E-state index in [1.807, 2.05) is 41.2 Å². The first kappa shape index (κ1) is 12.9. The van der Waals surface area contributed by atoms with Crippen LogP contribution in [0.15, 0.2) is 71.5 Å². The van der Waals surface area contributed by atoms with Crippen molar-refractivity contribution in [1.82, 2.24) is 9.78 Å². The minimum absolute atomic E-state index is 0.764. The summed E-state index contributed by atoms with van der Waals surface area (Å²) < 4.78 is 2.98. The van der Waals surface area contributed by atoms with Crippen molar-refractivity contribution < 1.29 is 0 Å². The van der Waals surface area contributed by atoms with Gasteiger partial charge >= 0.3 is 0 Å². The first-order valence-electron chi connectivity index (χ1n) is 6.41. The lowest BCUT2D eigenvalue weighted by molar-refractivity contribution is 0.879. The standard InChI is InChI=1S/C16H14BrN3/c17-14-7-2-1-6-13(14)12-18-15-8-3-4-9-16(15)20-11-5-10-19-20/h1-11,18H,12H2. The molecule has 0 aliphatic rings. The average molecular weight is 328 g/mol. The maximum atomic E-state index is 4.29. The first-order valence-corrected chi connectivity index (χ1v) is 7.20. The van der Waals surface area contributed by atoms with Crippen LogP contribution >= 0.6 is 15.9 Å². The van der Waals surface area contributed by atoms with Gasteiger partial charge in [0.15, 0.2) is 0 Å². The van der Waals surface area contributed by atoms with Crippen molar-refractivity contribution in [1.29, 1.82) is 0 Å². The predicted molar refractivity (Wildman–Crippen MR) is 85.0 cm³/mol. The minimum Gasteiger partial charge on any atom is -0.379 e. The quantitative estimate of drug-likeness (QED) is 0.776. The largest absolute Gasteiger partial charge is 0.379 e. The van der Waals surface area contributed by atoms with Crippen LogP contribution in [-0.2, 0) is 6.54 Å². The number of halogens is 1. The third kappa shape index (κ3) is 2.75. The molecule has 0 saturated carbocycles. The highest BCUT2D eigenvalue weighted by Gasteiger charge is 2.04. The van der Waals surface area contributed by atoms with Crippen LogP contribution < -0.4 is 5.32 Å². The molecule has 4 heteroatoms. The van der Waals surface area contributed by atoms with Crippen LogP contribution in [0.4, 0.5) is 5.69 Å². The van der Waals surface area contributed by atoms with Crippen molar-refractivity contribution >= 4 is 21.6 Å². The number of hydrogen-bond donors (Lipinski definition) is 1. The van der Waals surface area contributed by atoms with E-state index in [4.69, 9.17) is 0 Å². The molecule has 3 rings (SSSR count). The lowest BCUT2D eigenvalue weighted by Gasteiger charge is -2.12. The topological polar surface area (TPSA) is 29.9 Å². The number of nitrogens with one attached hydrogen (secondary N) is 1. The van der Waals surface area contributed by atoms with Crippen LogP contribution in [0, 0.1) is 0 Å². The number of rotatable bonds is 4. The zero-order chi connectivity index (χ0) is 13.8. The van der Waals surface area contributed by atoms with Gasteiger partial charge in [0.2, 0.25) is 0 Å². The molecule has 0 amide bonds. The van der Waals surface area contributed by atoms with Gasteiger partial charge in [-0.2, -0.15) is 5.10 Å². The van der Waals surface area contributed by atoms with E-state index in [9.17, 15) is 0 Å². The molecule has 1 heterocycles. The molecule has 3 nitrogen and oxygen atoms in total. The molecule has 0 fully saturated rings. The second kappa shape index (κ2) is 5.92. The second-order valence-electron chi connectivity index (χ2n) is 4.41. The maximum Gasteiger partial charge on any atom is 0.0876 e. The Kier molecular flexibility index (Phi) is 3.83. The zero-order valence-electron chi connectivity index (χ0n) is 10.8. The molecule has 2 aromatic carbocycles. The van der Waals surface area contributed by atoms with Crippen molar-refractivity contribution in [3.63, 3.8) is 0 Å². The van der Waals surface area contributed by atoms with Gasteiger partial charge in [-0.05, 0) is 29.8 Å². The highest BCUT2D eigenvalue weighted by molar-refractivity contribution is 9.10. The Balaban J connectivity index is 1.84. The van der Waals surface area contributed by atoms with Gasteiger partial charge < -0.3 is 5.32 Å². The number of benzene rings is 2. The Morgan fingerprint density at radius 3 is 2.60 bits per heavy atom. The molecule has 3 aromatic rings. The van der Waals surface area contributed by atoms with Crippen LogP contribution in [0.1, 0.15) is 5.56 Å². The lowest BCUT2D eigenvalue weighted by Crippen LogP contribution is -2.05. The van der Waals surface area contributed by atoms with E-state index in [1.54, 1.807) is 6.20 Å². The molecule has 20 heavy (non-hydrogen) atoms. The molecule has 1 aromatic heterocycles. The summed E-state index contributed by atoms with van der Waals surface area (Å²) in [6.07, 6.45) is 3.73. The minimum atomic E-state index is 0.764. The van der Waals surface area contributed by atoms with E-state index in [-0.39, 0.29) is 0 Å². The summed E-state index contributed by atoms with van der Waals surface area (Å²) in [4.78, 5) is 0. The van der Waals surface area contributed by atoms with Crippen LogP contribution in [0.3, 0.4) is 0 Å². The fourth-order valence-corrected chi connectivity index (χ4v) is 2.49. The number of nitrogens with zero attached hydrogens (tertiary/aromatic N) is 2. The molecule has 1 N–H and O–H groups in total. The third-order valence-corrected chi connectivity index (χ3v) is 3.86. The highest BCUT2D eigenvalue weighted by Crippen LogP contribution is 2.22. The summed E-state index contributed by atoms with van der Waals surface area (Å²) in [5.74, 6) is 0. The van der Waals surface area contributed by atoms with E-state index >= 15 is 0 Å². The van der Waals surface area contributed by atoms with Crippen molar-refractivity contribution in [2.75, 3.05) is 5.32 Å². The van der Waals surface area contributed by atoms with E-state index in [2.05, 4.69) is 50.6 Å². The third-order valence-electron chi connectivity index (χ3n) is 3.08. The molecular weight excluding hydrogens is 314 g/mol. The van der Waals surface area contributed by atoms with E-state index < -0.39 is 0 Å². The Morgan fingerprint density at radius 2 is 1.80 bits per heavy atom. The van der Waals surface area contributed by atoms with Crippen molar-refractivity contribution in [2.24, 2.45) is 0 Å². The van der Waals surface area contributed by atoms with E-state index in [0.717, 1.165) is 22.4 Å². The molecule has 0 spiro atoms. The summed E-state index contributed by atoms with van der Waals surface area (Å²) in [5, 5.41) is 7.75. The zero-order valence-corrected chi connectivity index (χ0v) is 12.4. The van der Waals surface area contributed by atoms with E-state index in [1.165, 1.54) is 5.56 Å². The normalized spacial score (nSPS) is 10.4. The summed E-state index contributed by atoms with van der Waals surface area (Å²) >= 11 is 3.57. The van der Waals surface area contributed by atoms with Gasteiger partial charge in [-0.15, -0.1) is 0 Å². The Hall–Kier alpha value is -2.07. The number of aromatic nitrogens is 2. The van der Waals surface area contributed by atoms with E-state index in [0.29, 0.717) is 0 Å². The fraction of sp³-hybridized carbons (Fsp3) is 0.0625.